The fourth-order valence-corrected chi connectivity index (χ4v) is 2.03. The molecule has 1 atom stereocenters. The van der Waals surface area contributed by atoms with Gasteiger partial charge in [0.05, 0.1) is 6.61 Å². The van der Waals surface area contributed by atoms with Crippen LogP contribution in [0.5, 0.6) is 0 Å². The fourth-order valence-electron chi connectivity index (χ4n) is 2.03. The van der Waals surface area contributed by atoms with Gasteiger partial charge in [-0.3, -0.25) is 5.41 Å². The maximum absolute atomic E-state index is 13.2. The molecule has 1 aromatic rings. The van der Waals surface area contributed by atoms with E-state index in [2.05, 4.69) is 0 Å². The van der Waals surface area contributed by atoms with Gasteiger partial charge in [-0.1, -0.05) is 0 Å². The standard InChI is InChI=1S/C13H20FN3O/c1-4-17(9(2)8-18-3)12-6-5-10(14)7-11(12)13(15)16/h5-7,9H,4,8H2,1-3H3,(H3,15,16). The lowest BCUT2D eigenvalue weighted by Gasteiger charge is -2.31. The van der Waals surface area contributed by atoms with Crippen molar-refractivity contribution in [3.05, 3.63) is 29.6 Å². The molecule has 0 aromatic heterocycles. The SMILES string of the molecule is CCN(c1ccc(F)cc1C(=N)N)C(C)COC. The lowest BCUT2D eigenvalue weighted by atomic mass is 10.1. The number of benzene rings is 1. The molecule has 0 aliphatic heterocycles. The highest BCUT2D eigenvalue weighted by Crippen LogP contribution is 2.23. The van der Waals surface area contributed by atoms with Crippen molar-refractivity contribution < 1.29 is 9.13 Å². The summed E-state index contributed by atoms with van der Waals surface area (Å²) in [5, 5.41) is 7.54. The molecule has 100 valence electrons. The molecule has 0 aliphatic rings. The van der Waals surface area contributed by atoms with Crippen molar-refractivity contribution in [1.29, 1.82) is 5.41 Å². The second-order valence-electron chi connectivity index (χ2n) is 4.17. The predicted molar refractivity (Wildman–Crippen MR) is 71.8 cm³/mol. The van der Waals surface area contributed by atoms with E-state index in [4.69, 9.17) is 15.9 Å². The first-order valence-corrected chi connectivity index (χ1v) is 5.90. The molecule has 3 N–H and O–H groups in total. The number of nitrogen functional groups attached to an aromatic ring is 1. The van der Waals surface area contributed by atoms with Crippen LogP contribution in [0.1, 0.15) is 19.4 Å². The Kier molecular flexibility index (Phi) is 5.09. The van der Waals surface area contributed by atoms with Gasteiger partial charge in [-0.15, -0.1) is 0 Å². The molecule has 0 amide bonds. The van der Waals surface area contributed by atoms with Crippen molar-refractivity contribution >= 4 is 11.5 Å². The summed E-state index contributed by atoms with van der Waals surface area (Å²) in [7, 11) is 1.64. The maximum atomic E-state index is 13.2. The summed E-state index contributed by atoms with van der Waals surface area (Å²) in [6.45, 7) is 5.30. The van der Waals surface area contributed by atoms with Gasteiger partial charge in [-0.2, -0.15) is 0 Å². The minimum absolute atomic E-state index is 0.128. The average Bonchev–Trinajstić information content (AvgIpc) is 2.32. The first-order valence-electron chi connectivity index (χ1n) is 5.90. The van der Waals surface area contributed by atoms with Crippen LogP contribution in [0.25, 0.3) is 0 Å². The maximum Gasteiger partial charge on any atom is 0.125 e. The first kappa shape index (κ1) is 14.4. The van der Waals surface area contributed by atoms with Crippen LogP contribution in [-0.2, 0) is 4.74 Å². The van der Waals surface area contributed by atoms with Gasteiger partial charge in [0.1, 0.15) is 11.7 Å². The zero-order valence-electron chi connectivity index (χ0n) is 11.0. The summed E-state index contributed by atoms with van der Waals surface area (Å²) in [6.07, 6.45) is 0. The van der Waals surface area contributed by atoms with Gasteiger partial charge < -0.3 is 15.4 Å². The summed E-state index contributed by atoms with van der Waals surface area (Å²) in [5.74, 6) is -0.521. The second kappa shape index (κ2) is 6.35. The van der Waals surface area contributed by atoms with E-state index in [1.807, 2.05) is 18.7 Å². The number of anilines is 1. The minimum Gasteiger partial charge on any atom is -0.384 e. The lowest BCUT2D eigenvalue weighted by Crippen LogP contribution is -2.37. The van der Waals surface area contributed by atoms with E-state index in [0.29, 0.717) is 12.2 Å². The van der Waals surface area contributed by atoms with Gasteiger partial charge in [-0.25, -0.2) is 4.39 Å². The van der Waals surface area contributed by atoms with E-state index in [1.54, 1.807) is 13.2 Å². The number of hydrogen-bond donors (Lipinski definition) is 2. The van der Waals surface area contributed by atoms with E-state index in [-0.39, 0.29) is 17.7 Å². The first-order chi connectivity index (χ1) is 8.51. The Hall–Kier alpha value is -1.62. The summed E-state index contributed by atoms with van der Waals surface area (Å²) in [5.41, 5.74) is 6.69. The Balaban J connectivity index is 3.16. The van der Waals surface area contributed by atoms with Gasteiger partial charge in [0.15, 0.2) is 0 Å². The van der Waals surface area contributed by atoms with Gasteiger partial charge in [-0.05, 0) is 32.0 Å². The van der Waals surface area contributed by atoms with Gasteiger partial charge in [0, 0.05) is 30.9 Å². The molecule has 1 aromatic carbocycles. The molecule has 5 heteroatoms. The number of nitrogens with two attached hydrogens (primary N) is 1. The molecule has 0 radical (unpaired) electrons. The molecule has 0 bridgehead atoms. The van der Waals surface area contributed by atoms with Crippen LogP contribution in [0.2, 0.25) is 0 Å². The molecule has 1 unspecified atom stereocenters. The Morgan fingerprint density at radius 2 is 2.22 bits per heavy atom. The zero-order valence-corrected chi connectivity index (χ0v) is 11.0. The Labute approximate surface area is 107 Å². The largest absolute Gasteiger partial charge is 0.384 e. The Bertz CT molecular complexity index is 423. The van der Waals surface area contributed by atoms with Gasteiger partial charge in [0.2, 0.25) is 0 Å². The van der Waals surface area contributed by atoms with Gasteiger partial charge in [0.25, 0.3) is 0 Å². The number of nitrogens with one attached hydrogen (secondary N) is 1. The zero-order chi connectivity index (χ0) is 13.7. The summed E-state index contributed by atoms with van der Waals surface area (Å²) in [4.78, 5) is 2.04. The van der Waals surface area contributed by atoms with Crippen LogP contribution in [0.3, 0.4) is 0 Å². The third-order valence-corrected chi connectivity index (χ3v) is 2.84. The van der Waals surface area contributed by atoms with Crippen molar-refractivity contribution in [2.75, 3.05) is 25.2 Å². The quantitative estimate of drug-likeness (QED) is 0.602. The average molecular weight is 253 g/mol. The van der Waals surface area contributed by atoms with E-state index >= 15 is 0 Å². The molecular formula is C13H20FN3O. The third kappa shape index (κ3) is 3.20. The van der Waals surface area contributed by atoms with Crippen LogP contribution in [0.4, 0.5) is 10.1 Å². The monoisotopic (exact) mass is 253 g/mol. The molecule has 0 saturated carbocycles. The lowest BCUT2D eigenvalue weighted by molar-refractivity contribution is 0.182. The summed E-state index contributed by atoms with van der Waals surface area (Å²) in [6, 6.07) is 4.45. The molecule has 4 nitrogen and oxygen atoms in total. The summed E-state index contributed by atoms with van der Waals surface area (Å²) >= 11 is 0. The highest BCUT2D eigenvalue weighted by atomic mass is 19.1. The Morgan fingerprint density at radius 1 is 1.56 bits per heavy atom. The minimum atomic E-state index is -0.389. The molecule has 1 rings (SSSR count). The fraction of sp³-hybridized carbons (Fsp3) is 0.462. The number of nitrogens with zero attached hydrogens (tertiary/aromatic N) is 1. The van der Waals surface area contributed by atoms with Crippen molar-refractivity contribution in [3.63, 3.8) is 0 Å². The molecule has 0 aliphatic carbocycles. The smallest absolute Gasteiger partial charge is 0.125 e. The van der Waals surface area contributed by atoms with Crippen molar-refractivity contribution in [2.45, 2.75) is 19.9 Å². The Morgan fingerprint density at radius 3 is 2.72 bits per heavy atom. The predicted octanol–water partition coefficient (Wildman–Crippen LogP) is 1.97. The summed E-state index contributed by atoms with van der Waals surface area (Å²) < 4.78 is 18.4. The molecule has 0 spiro atoms. The van der Waals surface area contributed by atoms with Crippen LogP contribution in [0, 0.1) is 11.2 Å². The van der Waals surface area contributed by atoms with Crippen molar-refractivity contribution in [1.82, 2.24) is 0 Å². The second-order valence-corrected chi connectivity index (χ2v) is 4.17. The number of rotatable bonds is 6. The van der Waals surface area contributed by atoms with Gasteiger partial charge >= 0.3 is 0 Å². The molecular weight excluding hydrogens is 233 g/mol. The number of likely N-dealkylation sites (N-methyl/N-ethyl adjacent to an activating group) is 1. The van der Waals surface area contributed by atoms with E-state index in [1.165, 1.54) is 12.1 Å². The van der Waals surface area contributed by atoms with E-state index in [0.717, 1.165) is 12.2 Å². The van der Waals surface area contributed by atoms with Crippen molar-refractivity contribution in [2.24, 2.45) is 5.73 Å². The number of methoxy groups -OCH3 is 1. The number of halogens is 1. The number of ether oxygens (including phenoxy) is 1. The van der Waals surface area contributed by atoms with Crippen LogP contribution in [-0.4, -0.2) is 32.1 Å². The molecule has 0 saturated heterocycles. The van der Waals surface area contributed by atoms with Crippen molar-refractivity contribution in [3.8, 4) is 0 Å². The van der Waals surface area contributed by atoms with Crippen LogP contribution < -0.4 is 10.6 Å². The topological polar surface area (TPSA) is 62.3 Å². The normalized spacial score (nSPS) is 12.2. The van der Waals surface area contributed by atoms with Crippen LogP contribution >= 0.6 is 0 Å². The number of hydrogen-bond acceptors (Lipinski definition) is 3. The molecule has 0 fully saturated rings. The van der Waals surface area contributed by atoms with E-state index < -0.39 is 0 Å². The van der Waals surface area contributed by atoms with E-state index in [9.17, 15) is 4.39 Å². The highest BCUT2D eigenvalue weighted by molar-refractivity contribution is 6.00. The highest BCUT2D eigenvalue weighted by Gasteiger charge is 2.17. The molecule has 0 heterocycles. The third-order valence-electron chi connectivity index (χ3n) is 2.84. The number of amidine groups is 1. The van der Waals surface area contributed by atoms with Crippen LogP contribution in [0.15, 0.2) is 18.2 Å². The molecule has 18 heavy (non-hydrogen) atoms.